The molecule has 1 N–H and O–H groups in total. The predicted molar refractivity (Wildman–Crippen MR) is 74.9 cm³/mol. The molecule has 0 saturated carbocycles. The van der Waals surface area contributed by atoms with Crippen LogP contribution in [-0.2, 0) is 6.18 Å². The van der Waals surface area contributed by atoms with Crippen LogP contribution < -0.4 is 0 Å². The molecule has 0 unspecified atom stereocenters. The van der Waals surface area contributed by atoms with Gasteiger partial charge in [-0.3, -0.25) is 0 Å². The summed E-state index contributed by atoms with van der Waals surface area (Å²) in [6.45, 7) is 2.03. The highest BCUT2D eigenvalue weighted by Crippen LogP contribution is 2.35. The van der Waals surface area contributed by atoms with Gasteiger partial charge in [0, 0.05) is 4.90 Å². The molecule has 2 aromatic rings. The standard InChI is InChI=1S/C15H13F3OS/c1-2-20-14-5-3-10(4-6-14)11-7-12(15(16,17)18)9-13(19)8-11/h3-9,19H,2H2,1H3. The van der Waals surface area contributed by atoms with Crippen molar-refractivity contribution in [1.82, 2.24) is 0 Å². The predicted octanol–water partition coefficient (Wildman–Crippen LogP) is 5.19. The van der Waals surface area contributed by atoms with Crippen molar-refractivity contribution < 1.29 is 18.3 Å². The van der Waals surface area contributed by atoms with Gasteiger partial charge in [-0.25, -0.2) is 0 Å². The average molecular weight is 298 g/mol. The summed E-state index contributed by atoms with van der Waals surface area (Å²) in [4.78, 5) is 1.06. The van der Waals surface area contributed by atoms with Crippen LogP contribution in [-0.4, -0.2) is 10.9 Å². The average Bonchev–Trinajstić information content (AvgIpc) is 2.38. The van der Waals surface area contributed by atoms with Crippen LogP contribution in [0.4, 0.5) is 13.2 Å². The quantitative estimate of drug-likeness (QED) is 0.787. The third-order valence-electron chi connectivity index (χ3n) is 2.74. The van der Waals surface area contributed by atoms with Crippen LogP contribution >= 0.6 is 11.8 Å². The maximum atomic E-state index is 12.7. The Bertz CT molecular complexity index is 591. The minimum absolute atomic E-state index is 0.352. The zero-order valence-electron chi connectivity index (χ0n) is 10.7. The molecule has 0 saturated heterocycles. The molecule has 0 aliphatic heterocycles. The number of halogens is 3. The van der Waals surface area contributed by atoms with Crippen molar-refractivity contribution in [3.05, 3.63) is 48.0 Å². The lowest BCUT2D eigenvalue weighted by Gasteiger charge is -2.10. The van der Waals surface area contributed by atoms with Gasteiger partial charge in [0.05, 0.1) is 5.56 Å². The number of phenols is 1. The lowest BCUT2D eigenvalue weighted by molar-refractivity contribution is -0.137. The smallest absolute Gasteiger partial charge is 0.416 e. The van der Waals surface area contributed by atoms with Crippen molar-refractivity contribution >= 4 is 11.8 Å². The Kier molecular flexibility index (Phi) is 4.28. The van der Waals surface area contributed by atoms with Crippen molar-refractivity contribution in [3.63, 3.8) is 0 Å². The minimum Gasteiger partial charge on any atom is -0.508 e. The summed E-state index contributed by atoms with van der Waals surface area (Å²) in [5, 5.41) is 9.45. The van der Waals surface area contributed by atoms with Gasteiger partial charge in [-0.2, -0.15) is 13.2 Å². The van der Waals surface area contributed by atoms with Crippen LogP contribution in [0.1, 0.15) is 12.5 Å². The lowest BCUT2D eigenvalue weighted by Crippen LogP contribution is -2.04. The molecule has 0 aliphatic carbocycles. The SMILES string of the molecule is CCSc1ccc(-c2cc(O)cc(C(F)(F)F)c2)cc1. The second kappa shape index (κ2) is 5.79. The Morgan fingerprint density at radius 3 is 2.20 bits per heavy atom. The van der Waals surface area contributed by atoms with Crippen LogP contribution in [0.2, 0.25) is 0 Å². The van der Waals surface area contributed by atoms with Gasteiger partial charge in [-0.05, 0) is 47.2 Å². The maximum absolute atomic E-state index is 12.7. The molecule has 0 radical (unpaired) electrons. The highest BCUT2D eigenvalue weighted by atomic mass is 32.2. The summed E-state index contributed by atoms with van der Waals surface area (Å²) >= 11 is 1.66. The van der Waals surface area contributed by atoms with E-state index >= 15 is 0 Å². The number of thioether (sulfide) groups is 1. The molecule has 0 atom stereocenters. The molecule has 1 nitrogen and oxygen atoms in total. The Morgan fingerprint density at radius 1 is 1.00 bits per heavy atom. The molecule has 0 amide bonds. The van der Waals surface area contributed by atoms with E-state index in [1.165, 1.54) is 6.07 Å². The fourth-order valence-corrected chi connectivity index (χ4v) is 2.51. The van der Waals surface area contributed by atoms with Crippen LogP contribution in [0.25, 0.3) is 11.1 Å². The topological polar surface area (TPSA) is 20.2 Å². The van der Waals surface area contributed by atoms with E-state index in [1.54, 1.807) is 23.9 Å². The molecule has 0 heterocycles. The second-order valence-electron chi connectivity index (χ2n) is 4.22. The third kappa shape index (κ3) is 3.48. The second-order valence-corrected chi connectivity index (χ2v) is 5.56. The number of benzene rings is 2. The molecule has 0 bridgehead atoms. The first-order chi connectivity index (χ1) is 9.40. The number of hydrogen-bond donors (Lipinski definition) is 1. The van der Waals surface area contributed by atoms with E-state index in [0.717, 1.165) is 22.8 Å². The molecule has 2 aromatic carbocycles. The van der Waals surface area contributed by atoms with Gasteiger partial charge >= 0.3 is 6.18 Å². The third-order valence-corrected chi connectivity index (χ3v) is 3.64. The number of rotatable bonds is 3. The Hall–Kier alpha value is -1.62. The van der Waals surface area contributed by atoms with Gasteiger partial charge in [0.2, 0.25) is 0 Å². The number of alkyl halides is 3. The first-order valence-corrected chi connectivity index (χ1v) is 7.03. The van der Waals surface area contributed by atoms with Crippen LogP contribution in [0, 0.1) is 0 Å². The van der Waals surface area contributed by atoms with E-state index in [-0.39, 0.29) is 5.75 Å². The first-order valence-electron chi connectivity index (χ1n) is 6.04. The number of hydrogen-bond acceptors (Lipinski definition) is 2. The molecule has 0 aromatic heterocycles. The molecule has 0 aliphatic rings. The molecule has 0 spiro atoms. The van der Waals surface area contributed by atoms with Crippen LogP contribution in [0.3, 0.4) is 0 Å². The Labute approximate surface area is 119 Å². The van der Waals surface area contributed by atoms with Crippen LogP contribution in [0.5, 0.6) is 5.75 Å². The summed E-state index contributed by atoms with van der Waals surface area (Å²) < 4.78 is 38.1. The van der Waals surface area contributed by atoms with Crippen molar-refractivity contribution in [1.29, 1.82) is 0 Å². The van der Waals surface area contributed by atoms with E-state index in [0.29, 0.717) is 11.1 Å². The van der Waals surface area contributed by atoms with Gasteiger partial charge in [-0.1, -0.05) is 19.1 Å². The Morgan fingerprint density at radius 2 is 1.65 bits per heavy atom. The normalized spacial score (nSPS) is 11.6. The zero-order chi connectivity index (χ0) is 14.8. The number of phenolic OH excluding ortho intramolecular Hbond substituents is 1. The van der Waals surface area contributed by atoms with E-state index in [9.17, 15) is 18.3 Å². The monoisotopic (exact) mass is 298 g/mol. The van der Waals surface area contributed by atoms with Gasteiger partial charge in [0.1, 0.15) is 5.75 Å². The molecule has 20 heavy (non-hydrogen) atoms. The largest absolute Gasteiger partial charge is 0.508 e. The molecule has 0 fully saturated rings. The maximum Gasteiger partial charge on any atom is 0.416 e. The van der Waals surface area contributed by atoms with E-state index in [2.05, 4.69) is 0 Å². The molecule has 5 heteroatoms. The van der Waals surface area contributed by atoms with E-state index in [4.69, 9.17) is 0 Å². The highest BCUT2D eigenvalue weighted by molar-refractivity contribution is 7.99. The van der Waals surface area contributed by atoms with Crippen molar-refractivity contribution in [2.75, 3.05) is 5.75 Å². The fourth-order valence-electron chi connectivity index (χ4n) is 1.85. The summed E-state index contributed by atoms with van der Waals surface area (Å²) in [6, 6.07) is 10.3. The van der Waals surface area contributed by atoms with Crippen molar-refractivity contribution in [2.24, 2.45) is 0 Å². The van der Waals surface area contributed by atoms with E-state index < -0.39 is 11.7 Å². The zero-order valence-corrected chi connectivity index (χ0v) is 11.6. The molecule has 106 valence electrons. The summed E-state index contributed by atoms with van der Waals surface area (Å²) in [7, 11) is 0. The van der Waals surface area contributed by atoms with Crippen molar-refractivity contribution in [2.45, 2.75) is 18.0 Å². The van der Waals surface area contributed by atoms with Crippen molar-refractivity contribution in [3.8, 4) is 16.9 Å². The van der Waals surface area contributed by atoms with Gasteiger partial charge in [-0.15, -0.1) is 11.8 Å². The van der Waals surface area contributed by atoms with Gasteiger partial charge < -0.3 is 5.11 Å². The van der Waals surface area contributed by atoms with Gasteiger partial charge in [0.15, 0.2) is 0 Å². The fraction of sp³-hybridized carbons (Fsp3) is 0.200. The Balaban J connectivity index is 2.39. The van der Waals surface area contributed by atoms with Gasteiger partial charge in [0.25, 0.3) is 0 Å². The molecular formula is C15H13F3OS. The first kappa shape index (κ1) is 14.8. The lowest BCUT2D eigenvalue weighted by atomic mass is 10.0. The summed E-state index contributed by atoms with van der Waals surface area (Å²) in [5.41, 5.74) is 0.150. The molecule has 2 rings (SSSR count). The minimum atomic E-state index is -4.47. The highest BCUT2D eigenvalue weighted by Gasteiger charge is 2.31. The van der Waals surface area contributed by atoms with Crippen LogP contribution in [0.15, 0.2) is 47.4 Å². The van der Waals surface area contributed by atoms with E-state index in [1.807, 2.05) is 19.1 Å². The molecular weight excluding hydrogens is 285 g/mol. The number of aromatic hydroxyl groups is 1. The summed E-state index contributed by atoms with van der Waals surface area (Å²) in [5.74, 6) is 0.547. The summed E-state index contributed by atoms with van der Waals surface area (Å²) in [6.07, 6.45) is -4.47.